The lowest BCUT2D eigenvalue weighted by molar-refractivity contribution is -0.121. The number of likely N-dealkylation sites (N-methyl/N-ethyl adjacent to an activating group) is 1. The molecule has 0 aliphatic carbocycles. The number of anilines is 2. The molecule has 0 saturated carbocycles. The number of hydrogen-bond acceptors (Lipinski definition) is 3. The van der Waals surface area contributed by atoms with Crippen molar-refractivity contribution < 1.29 is 4.79 Å². The Kier molecular flexibility index (Phi) is 6.78. The molecule has 0 saturated heterocycles. The lowest BCUT2D eigenvalue weighted by Gasteiger charge is -2.31. The van der Waals surface area contributed by atoms with Gasteiger partial charge >= 0.3 is 0 Å². The molecule has 0 fully saturated rings. The smallest absolute Gasteiger partial charge is 0.241 e. The second kappa shape index (κ2) is 7.87. The third-order valence-corrected chi connectivity index (χ3v) is 4.36. The van der Waals surface area contributed by atoms with Gasteiger partial charge in [0, 0.05) is 11.1 Å². The lowest BCUT2D eigenvalue weighted by Crippen LogP contribution is -2.45. The Bertz CT molecular complexity index is 481. The van der Waals surface area contributed by atoms with Crippen LogP contribution in [0.2, 0.25) is 10.0 Å². The predicted octanol–water partition coefficient (Wildman–Crippen LogP) is 4.02. The van der Waals surface area contributed by atoms with E-state index in [1.165, 1.54) is 0 Å². The van der Waals surface area contributed by atoms with Crippen LogP contribution in [0.15, 0.2) is 12.1 Å². The Balaban J connectivity index is 2.86. The highest BCUT2D eigenvalue weighted by Gasteiger charge is 2.24. The molecular weight excluding hydrogens is 309 g/mol. The van der Waals surface area contributed by atoms with Crippen LogP contribution in [0, 0.1) is 0 Å². The molecule has 1 atom stereocenters. The summed E-state index contributed by atoms with van der Waals surface area (Å²) in [6.07, 6.45) is 1.99. The van der Waals surface area contributed by atoms with Crippen molar-refractivity contribution in [3.63, 3.8) is 0 Å². The molecule has 0 aliphatic heterocycles. The molecule has 0 radical (unpaired) electrons. The minimum atomic E-state index is -0.277. The SMILES string of the molecule is CCC(CC)N(C)C(C)C(=O)Nc1c(N)cc(Cl)cc1Cl. The van der Waals surface area contributed by atoms with Gasteiger partial charge in [-0.1, -0.05) is 37.0 Å². The van der Waals surface area contributed by atoms with Gasteiger partial charge in [-0.2, -0.15) is 0 Å². The molecule has 21 heavy (non-hydrogen) atoms. The van der Waals surface area contributed by atoms with Crippen LogP contribution in [0.3, 0.4) is 0 Å². The van der Waals surface area contributed by atoms with Gasteiger partial charge in [-0.25, -0.2) is 0 Å². The Morgan fingerprint density at radius 2 is 1.90 bits per heavy atom. The normalized spacial score (nSPS) is 12.8. The third kappa shape index (κ3) is 4.50. The van der Waals surface area contributed by atoms with Gasteiger partial charge in [-0.05, 0) is 38.9 Å². The summed E-state index contributed by atoms with van der Waals surface area (Å²) in [5.41, 5.74) is 6.63. The zero-order valence-corrected chi connectivity index (χ0v) is 14.4. The van der Waals surface area contributed by atoms with E-state index < -0.39 is 0 Å². The maximum atomic E-state index is 12.4. The first kappa shape index (κ1) is 18.1. The molecule has 0 bridgehead atoms. The Morgan fingerprint density at radius 1 is 1.33 bits per heavy atom. The van der Waals surface area contributed by atoms with Crippen LogP contribution >= 0.6 is 23.2 Å². The Labute approximate surface area is 136 Å². The van der Waals surface area contributed by atoms with Crippen molar-refractivity contribution in [3.05, 3.63) is 22.2 Å². The summed E-state index contributed by atoms with van der Waals surface area (Å²) in [5, 5.41) is 3.57. The van der Waals surface area contributed by atoms with Crippen molar-refractivity contribution in [2.45, 2.75) is 45.7 Å². The standard InChI is InChI=1S/C15H23Cl2N3O/c1-5-11(6-2)20(4)9(3)15(21)19-14-12(17)7-10(16)8-13(14)18/h7-9,11H,5-6,18H2,1-4H3,(H,19,21). The molecule has 4 nitrogen and oxygen atoms in total. The van der Waals surface area contributed by atoms with Crippen LogP contribution in [0.4, 0.5) is 11.4 Å². The highest BCUT2D eigenvalue weighted by molar-refractivity contribution is 6.37. The van der Waals surface area contributed by atoms with E-state index in [0.29, 0.717) is 27.5 Å². The summed E-state index contributed by atoms with van der Waals surface area (Å²) in [4.78, 5) is 14.4. The van der Waals surface area contributed by atoms with Crippen LogP contribution in [0.5, 0.6) is 0 Å². The number of nitrogen functional groups attached to an aromatic ring is 1. The van der Waals surface area contributed by atoms with Crippen molar-refractivity contribution in [2.75, 3.05) is 18.1 Å². The van der Waals surface area contributed by atoms with Crippen molar-refractivity contribution in [1.82, 2.24) is 4.90 Å². The molecular formula is C15H23Cl2N3O. The highest BCUT2D eigenvalue weighted by atomic mass is 35.5. The number of nitrogens with one attached hydrogen (secondary N) is 1. The summed E-state index contributed by atoms with van der Waals surface area (Å²) in [6.45, 7) is 6.10. The summed E-state index contributed by atoms with van der Waals surface area (Å²) in [5.74, 6) is -0.139. The number of rotatable bonds is 6. The number of carbonyl (C=O) groups is 1. The van der Waals surface area contributed by atoms with E-state index >= 15 is 0 Å². The summed E-state index contributed by atoms with van der Waals surface area (Å²) in [7, 11) is 1.95. The fraction of sp³-hybridized carbons (Fsp3) is 0.533. The van der Waals surface area contributed by atoms with Gasteiger partial charge in [0.05, 0.1) is 22.4 Å². The van der Waals surface area contributed by atoms with Crippen LogP contribution < -0.4 is 11.1 Å². The van der Waals surface area contributed by atoms with Gasteiger partial charge in [0.1, 0.15) is 0 Å². The van der Waals surface area contributed by atoms with E-state index in [2.05, 4.69) is 24.1 Å². The van der Waals surface area contributed by atoms with Gasteiger partial charge in [0.25, 0.3) is 0 Å². The van der Waals surface area contributed by atoms with Crippen LogP contribution in [-0.4, -0.2) is 29.9 Å². The monoisotopic (exact) mass is 331 g/mol. The summed E-state index contributed by atoms with van der Waals surface area (Å²) in [6, 6.07) is 3.22. The van der Waals surface area contributed by atoms with E-state index in [-0.39, 0.29) is 11.9 Å². The number of hydrogen-bond donors (Lipinski definition) is 2. The lowest BCUT2D eigenvalue weighted by atomic mass is 10.1. The molecule has 3 N–H and O–H groups in total. The minimum absolute atomic E-state index is 0.139. The van der Waals surface area contributed by atoms with Crippen molar-refractivity contribution in [2.24, 2.45) is 0 Å². The minimum Gasteiger partial charge on any atom is -0.397 e. The first-order valence-corrected chi connectivity index (χ1v) is 7.84. The molecule has 0 aliphatic rings. The molecule has 1 unspecified atom stereocenters. The number of carbonyl (C=O) groups excluding carboxylic acids is 1. The van der Waals surface area contributed by atoms with Gasteiger partial charge in [0.2, 0.25) is 5.91 Å². The molecule has 0 spiro atoms. The van der Waals surface area contributed by atoms with E-state index in [4.69, 9.17) is 28.9 Å². The largest absolute Gasteiger partial charge is 0.397 e. The molecule has 0 aromatic heterocycles. The molecule has 1 aromatic carbocycles. The van der Waals surface area contributed by atoms with Gasteiger partial charge in [-0.15, -0.1) is 0 Å². The Morgan fingerprint density at radius 3 is 2.38 bits per heavy atom. The number of benzene rings is 1. The Hall–Kier alpha value is -0.970. The topological polar surface area (TPSA) is 58.4 Å². The maximum absolute atomic E-state index is 12.4. The molecule has 1 rings (SSSR count). The zero-order chi connectivity index (χ0) is 16.2. The fourth-order valence-corrected chi connectivity index (χ4v) is 2.88. The second-order valence-corrected chi connectivity index (χ2v) is 6.00. The molecule has 0 heterocycles. The number of amides is 1. The average Bonchev–Trinajstić information content (AvgIpc) is 2.42. The average molecular weight is 332 g/mol. The summed E-state index contributed by atoms with van der Waals surface area (Å²) >= 11 is 12.0. The van der Waals surface area contributed by atoms with Crippen LogP contribution in [0.1, 0.15) is 33.6 Å². The third-order valence-electron chi connectivity index (χ3n) is 3.84. The molecule has 6 heteroatoms. The van der Waals surface area contributed by atoms with Gasteiger partial charge in [0.15, 0.2) is 0 Å². The van der Waals surface area contributed by atoms with Crippen molar-refractivity contribution in [3.8, 4) is 0 Å². The second-order valence-electron chi connectivity index (χ2n) is 5.15. The van der Waals surface area contributed by atoms with E-state index in [1.54, 1.807) is 12.1 Å². The van der Waals surface area contributed by atoms with Crippen molar-refractivity contribution >= 4 is 40.5 Å². The number of nitrogens with two attached hydrogens (primary N) is 1. The first-order chi connectivity index (χ1) is 9.81. The number of nitrogens with zero attached hydrogens (tertiary/aromatic N) is 1. The van der Waals surface area contributed by atoms with E-state index in [9.17, 15) is 4.79 Å². The zero-order valence-electron chi connectivity index (χ0n) is 12.9. The van der Waals surface area contributed by atoms with Gasteiger partial charge in [-0.3, -0.25) is 9.69 Å². The van der Waals surface area contributed by atoms with Crippen LogP contribution in [-0.2, 0) is 4.79 Å². The summed E-state index contributed by atoms with van der Waals surface area (Å²) < 4.78 is 0. The highest BCUT2D eigenvalue weighted by Crippen LogP contribution is 2.32. The van der Waals surface area contributed by atoms with E-state index in [1.807, 2.05) is 14.0 Å². The predicted molar refractivity (Wildman–Crippen MR) is 91.1 cm³/mol. The molecule has 1 amide bonds. The molecule has 118 valence electrons. The van der Waals surface area contributed by atoms with E-state index in [0.717, 1.165) is 12.8 Å². The van der Waals surface area contributed by atoms with Crippen molar-refractivity contribution in [1.29, 1.82) is 0 Å². The maximum Gasteiger partial charge on any atom is 0.241 e. The van der Waals surface area contributed by atoms with Gasteiger partial charge < -0.3 is 11.1 Å². The molecule has 1 aromatic rings. The fourth-order valence-electron chi connectivity index (χ4n) is 2.32. The number of halogens is 2. The first-order valence-electron chi connectivity index (χ1n) is 7.09. The van der Waals surface area contributed by atoms with Crippen LogP contribution in [0.25, 0.3) is 0 Å². The quantitative estimate of drug-likeness (QED) is 0.774.